The lowest BCUT2D eigenvalue weighted by Gasteiger charge is -2.51. The second-order valence-corrected chi connectivity index (χ2v) is 3.83. The molecule has 1 saturated carbocycles. The van der Waals surface area contributed by atoms with Gasteiger partial charge in [0, 0.05) is 0 Å². The molecule has 0 heterocycles. The van der Waals surface area contributed by atoms with Crippen LogP contribution in [0, 0.1) is 0 Å². The summed E-state index contributed by atoms with van der Waals surface area (Å²) in [5.74, 6) is -35.4. The maximum absolute atomic E-state index is 13.1. The quantitative estimate of drug-likeness (QED) is 0.738. The highest BCUT2D eigenvalue weighted by Gasteiger charge is 3.00. The molecule has 0 spiro atoms. The first-order chi connectivity index (χ1) is 8.06. The lowest BCUT2D eigenvalue weighted by Crippen LogP contribution is -2.84. The van der Waals surface area contributed by atoms with Crippen LogP contribution in [0.4, 0.5) is 48.3 Å². The van der Waals surface area contributed by atoms with E-state index in [9.17, 15) is 48.3 Å². The molecule has 0 radical (unpaired) electrons. The number of rotatable bonds is 1. The molecule has 0 aliphatic heterocycles. The maximum atomic E-state index is 13.1. The standard InChI is InChI=1S/C7H3F11O/c8-2(1-19)3(9,10)5(13,14)7(17,18)6(15,16)4(2,11)12/h19H,1H2. The van der Waals surface area contributed by atoms with Crippen molar-refractivity contribution in [2.75, 3.05) is 6.61 Å². The van der Waals surface area contributed by atoms with Crippen LogP contribution in [-0.2, 0) is 0 Å². The van der Waals surface area contributed by atoms with E-state index >= 15 is 0 Å². The Morgan fingerprint density at radius 2 is 0.684 bits per heavy atom. The highest BCUT2D eigenvalue weighted by atomic mass is 19.4. The van der Waals surface area contributed by atoms with Crippen LogP contribution in [0.2, 0.25) is 0 Å². The molecule has 1 aliphatic rings. The average molecular weight is 312 g/mol. The molecule has 19 heavy (non-hydrogen) atoms. The van der Waals surface area contributed by atoms with Gasteiger partial charge in [-0.1, -0.05) is 0 Å². The first-order valence-corrected chi connectivity index (χ1v) is 4.25. The summed E-state index contributed by atoms with van der Waals surface area (Å²) in [6.45, 7) is -3.21. The number of halogens is 11. The predicted molar refractivity (Wildman–Crippen MR) is 35.7 cm³/mol. The van der Waals surface area contributed by atoms with Crippen LogP contribution in [0.15, 0.2) is 0 Å². The molecule has 0 bridgehead atoms. The van der Waals surface area contributed by atoms with Crippen molar-refractivity contribution in [2.45, 2.75) is 35.3 Å². The Morgan fingerprint density at radius 3 is 0.895 bits per heavy atom. The van der Waals surface area contributed by atoms with E-state index in [1.165, 1.54) is 0 Å². The van der Waals surface area contributed by atoms with Crippen LogP contribution >= 0.6 is 0 Å². The Kier molecular flexibility index (Phi) is 2.94. The Balaban J connectivity index is 3.76. The summed E-state index contributed by atoms with van der Waals surface area (Å²) in [5.41, 5.74) is -6.26. The smallest absolute Gasteiger partial charge is 0.384 e. The van der Waals surface area contributed by atoms with Crippen molar-refractivity contribution >= 4 is 0 Å². The van der Waals surface area contributed by atoms with Crippen molar-refractivity contribution in [2.24, 2.45) is 0 Å². The van der Waals surface area contributed by atoms with Gasteiger partial charge in [-0.2, -0.15) is 43.9 Å². The van der Waals surface area contributed by atoms with Gasteiger partial charge in [-0.05, 0) is 0 Å². The van der Waals surface area contributed by atoms with Crippen molar-refractivity contribution in [3.63, 3.8) is 0 Å². The molecule has 12 heteroatoms. The monoisotopic (exact) mass is 312 g/mol. The van der Waals surface area contributed by atoms with Crippen LogP contribution in [0.1, 0.15) is 0 Å². The summed E-state index contributed by atoms with van der Waals surface area (Å²) in [7, 11) is 0. The van der Waals surface area contributed by atoms with Gasteiger partial charge in [0.2, 0.25) is 0 Å². The third kappa shape index (κ3) is 1.26. The van der Waals surface area contributed by atoms with E-state index in [0.29, 0.717) is 0 Å². The van der Waals surface area contributed by atoms with Gasteiger partial charge in [-0.3, -0.25) is 0 Å². The Labute approximate surface area is 96.5 Å². The Morgan fingerprint density at radius 1 is 0.474 bits per heavy atom. The lowest BCUT2D eigenvalue weighted by molar-refractivity contribution is -0.487. The van der Waals surface area contributed by atoms with Crippen molar-refractivity contribution in [1.29, 1.82) is 0 Å². The second kappa shape index (κ2) is 3.44. The minimum Gasteiger partial charge on any atom is -0.393 e. The molecule has 1 N–H and O–H groups in total. The molecular formula is C7H3F11O. The lowest BCUT2D eigenvalue weighted by atomic mass is 9.72. The topological polar surface area (TPSA) is 20.2 Å². The van der Waals surface area contributed by atoms with Crippen molar-refractivity contribution in [1.82, 2.24) is 0 Å². The van der Waals surface area contributed by atoms with Crippen LogP contribution in [-0.4, -0.2) is 47.0 Å². The largest absolute Gasteiger partial charge is 0.393 e. The third-order valence-corrected chi connectivity index (χ3v) is 2.79. The first-order valence-electron chi connectivity index (χ1n) is 4.25. The normalized spacial score (nSPS) is 32.8. The minimum atomic E-state index is -7.22. The fraction of sp³-hybridized carbons (Fsp3) is 1.00. The molecule has 1 aliphatic carbocycles. The molecule has 0 amide bonds. The Bertz CT molecular complexity index is 357. The average Bonchev–Trinajstić information content (AvgIpc) is 2.24. The molecular weight excluding hydrogens is 309 g/mol. The van der Waals surface area contributed by atoms with E-state index in [4.69, 9.17) is 5.11 Å². The van der Waals surface area contributed by atoms with Gasteiger partial charge in [0.25, 0.3) is 5.67 Å². The third-order valence-electron chi connectivity index (χ3n) is 2.79. The summed E-state index contributed by atoms with van der Waals surface area (Å²) in [5, 5.41) is 8.01. The molecule has 1 rings (SSSR count). The number of aliphatic hydroxyl groups is 1. The summed E-state index contributed by atoms with van der Waals surface area (Å²) in [6, 6.07) is 0. The highest BCUT2D eigenvalue weighted by Crippen LogP contribution is 2.69. The number of aliphatic hydroxyl groups excluding tert-OH is 1. The van der Waals surface area contributed by atoms with E-state index in [-0.39, 0.29) is 0 Å². The minimum absolute atomic E-state index is 3.21. The fourth-order valence-corrected chi connectivity index (χ4v) is 1.48. The zero-order chi connectivity index (χ0) is 15.7. The molecule has 0 unspecified atom stereocenters. The van der Waals surface area contributed by atoms with Gasteiger partial charge in [0.05, 0.1) is 6.61 Å². The van der Waals surface area contributed by atoms with E-state index in [0.717, 1.165) is 0 Å². The van der Waals surface area contributed by atoms with Crippen molar-refractivity contribution < 1.29 is 53.4 Å². The van der Waals surface area contributed by atoms with Crippen LogP contribution < -0.4 is 0 Å². The summed E-state index contributed by atoms with van der Waals surface area (Å²) >= 11 is 0. The number of hydrogen-bond donors (Lipinski definition) is 1. The van der Waals surface area contributed by atoms with Crippen molar-refractivity contribution in [3.05, 3.63) is 0 Å². The zero-order valence-corrected chi connectivity index (χ0v) is 8.31. The van der Waals surface area contributed by atoms with E-state index in [1.807, 2.05) is 0 Å². The predicted octanol–water partition coefficient (Wildman–Crippen LogP) is 2.88. The second-order valence-electron chi connectivity index (χ2n) is 3.83. The van der Waals surface area contributed by atoms with Gasteiger partial charge >= 0.3 is 29.6 Å². The number of hydrogen-bond acceptors (Lipinski definition) is 1. The van der Waals surface area contributed by atoms with E-state index in [2.05, 4.69) is 0 Å². The van der Waals surface area contributed by atoms with Crippen molar-refractivity contribution in [3.8, 4) is 0 Å². The van der Waals surface area contributed by atoms with E-state index < -0.39 is 41.9 Å². The summed E-state index contributed by atoms with van der Waals surface area (Å²) in [4.78, 5) is 0. The SMILES string of the molecule is OCC1(F)C(F)(F)C(F)(F)C(F)(F)C(F)(F)C1(F)F. The summed E-state index contributed by atoms with van der Waals surface area (Å²) in [6.07, 6.45) is 0. The van der Waals surface area contributed by atoms with Gasteiger partial charge in [-0.25, -0.2) is 4.39 Å². The van der Waals surface area contributed by atoms with Gasteiger partial charge in [0.15, 0.2) is 0 Å². The van der Waals surface area contributed by atoms with Crippen LogP contribution in [0.3, 0.4) is 0 Å². The molecule has 0 saturated heterocycles. The molecule has 0 aromatic rings. The molecule has 0 aromatic carbocycles. The zero-order valence-electron chi connectivity index (χ0n) is 8.31. The fourth-order valence-electron chi connectivity index (χ4n) is 1.48. The van der Waals surface area contributed by atoms with E-state index in [1.54, 1.807) is 0 Å². The highest BCUT2D eigenvalue weighted by molar-refractivity contribution is 5.26. The first kappa shape index (κ1) is 16.2. The Hall–Kier alpha value is -0.810. The van der Waals surface area contributed by atoms with Gasteiger partial charge in [0.1, 0.15) is 0 Å². The maximum Gasteiger partial charge on any atom is 0.384 e. The van der Waals surface area contributed by atoms with Gasteiger partial charge < -0.3 is 5.11 Å². The number of alkyl halides is 11. The molecule has 0 aromatic heterocycles. The summed E-state index contributed by atoms with van der Waals surface area (Å²) < 4.78 is 140. The molecule has 0 atom stereocenters. The molecule has 114 valence electrons. The van der Waals surface area contributed by atoms with Crippen LogP contribution in [0.25, 0.3) is 0 Å². The van der Waals surface area contributed by atoms with Gasteiger partial charge in [-0.15, -0.1) is 0 Å². The van der Waals surface area contributed by atoms with Crippen LogP contribution in [0.5, 0.6) is 0 Å². The molecule has 1 fully saturated rings. The molecule has 1 nitrogen and oxygen atoms in total.